The molecule has 0 spiro atoms. The summed E-state index contributed by atoms with van der Waals surface area (Å²) in [5, 5.41) is 60.2. The van der Waals surface area contributed by atoms with Crippen molar-refractivity contribution in [3.8, 4) is 17.2 Å². The molecular weight excluding hydrogens is 460 g/mol. The number of rotatable bonds is 10. The first-order valence-electron chi connectivity index (χ1n) is 10.5. The second-order valence-electron chi connectivity index (χ2n) is 8.08. The van der Waals surface area contributed by atoms with Crippen molar-refractivity contribution in [1.82, 2.24) is 0 Å². The van der Waals surface area contributed by atoms with Gasteiger partial charge in [-0.1, -0.05) is 0 Å². The van der Waals surface area contributed by atoms with Gasteiger partial charge in [0.2, 0.25) is 5.75 Å². The van der Waals surface area contributed by atoms with Gasteiger partial charge in [-0.3, -0.25) is 0 Å². The van der Waals surface area contributed by atoms with Crippen LogP contribution in [0.3, 0.4) is 0 Å². The third-order valence-corrected chi connectivity index (χ3v) is 5.81. The Bertz CT molecular complexity index is 782. The van der Waals surface area contributed by atoms with E-state index in [2.05, 4.69) is 0 Å². The first-order chi connectivity index (χ1) is 16.2. The molecule has 0 aromatic heterocycles. The molecule has 0 unspecified atom stereocenters. The Labute approximate surface area is 195 Å². The molecule has 3 rings (SSSR count). The number of aliphatic hydroxyl groups is 6. The highest BCUT2D eigenvalue weighted by Crippen LogP contribution is 2.38. The molecule has 2 aliphatic heterocycles. The molecule has 0 aliphatic carbocycles. The smallest absolute Gasteiger partial charge is 0.203 e. The summed E-state index contributed by atoms with van der Waals surface area (Å²) >= 11 is 0. The molecule has 2 heterocycles. The van der Waals surface area contributed by atoms with Crippen LogP contribution in [0.2, 0.25) is 0 Å². The molecule has 2 aliphatic rings. The van der Waals surface area contributed by atoms with Gasteiger partial charge < -0.3 is 63.8 Å². The SMILES string of the molecule is COc1cc(CO[C@@H]2O[C@H](CO[C@@H]3OC[C@](O)(CO)[C@H]3O)[C@@H](O)[C@H](O)[C@H]2O)cc(OC)c1OC. The van der Waals surface area contributed by atoms with E-state index in [1.54, 1.807) is 12.1 Å². The number of hydrogen-bond donors (Lipinski definition) is 6. The Morgan fingerprint density at radius 1 is 0.912 bits per heavy atom. The molecule has 2 saturated heterocycles. The van der Waals surface area contributed by atoms with Gasteiger partial charge in [-0.25, -0.2) is 0 Å². The number of hydrogen-bond acceptors (Lipinski definition) is 13. The quantitative estimate of drug-likeness (QED) is 0.201. The zero-order chi connectivity index (χ0) is 25.0. The summed E-state index contributed by atoms with van der Waals surface area (Å²) in [6.45, 7) is -1.55. The Morgan fingerprint density at radius 2 is 1.56 bits per heavy atom. The Morgan fingerprint density at radius 3 is 2.09 bits per heavy atom. The Kier molecular flexibility index (Phi) is 8.92. The average Bonchev–Trinajstić information content (AvgIpc) is 3.14. The van der Waals surface area contributed by atoms with Crippen molar-refractivity contribution < 1.29 is 63.8 Å². The summed E-state index contributed by atoms with van der Waals surface area (Å²) in [5.74, 6) is 1.18. The van der Waals surface area contributed by atoms with E-state index in [1.165, 1.54) is 21.3 Å². The van der Waals surface area contributed by atoms with Gasteiger partial charge in [0.25, 0.3) is 0 Å². The van der Waals surface area contributed by atoms with E-state index in [-0.39, 0.29) is 19.8 Å². The monoisotopic (exact) mass is 492 g/mol. The highest BCUT2D eigenvalue weighted by atomic mass is 16.7. The molecule has 13 heteroatoms. The van der Waals surface area contributed by atoms with Crippen molar-refractivity contribution >= 4 is 0 Å². The number of aliphatic hydroxyl groups excluding tert-OH is 5. The second kappa shape index (κ2) is 11.3. The van der Waals surface area contributed by atoms with Gasteiger partial charge in [-0.2, -0.15) is 0 Å². The molecule has 8 atom stereocenters. The number of ether oxygens (including phenoxy) is 7. The lowest BCUT2D eigenvalue weighted by atomic mass is 9.99. The van der Waals surface area contributed by atoms with E-state index < -0.39 is 55.3 Å². The van der Waals surface area contributed by atoms with Crippen molar-refractivity contribution in [2.24, 2.45) is 0 Å². The molecule has 1 aromatic rings. The third-order valence-electron chi connectivity index (χ3n) is 5.81. The molecule has 6 N–H and O–H groups in total. The van der Waals surface area contributed by atoms with Gasteiger partial charge in [-0.15, -0.1) is 0 Å². The number of benzene rings is 1. The predicted octanol–water partition coefficient (Wildman–Crippen LogP) is -2.51. The van der Waals surface area contributed by atoms with E-state index in [9.17, 15) is 30.6 Å². The van der Waals surface area contributed by atoms with E-state index in [1.807, 2.05) is 0 Å². The van der Waals surface area contributed by atoms with E-state index >= 15 is 0 Å². The zero-order valence-corrected chi connectivity index (χ0v) is 19.1. The summed E-state index contributed by atoms with van der Waals surface area (Å²) in [5.41, 5.74) is -1.29. The lowest BCUT2D eigenvalue weighted by Gasteiger charge is -2.40. The van der Waals surface area contributed by atoms with Crippen molar-refractivity contribution in [3.05, 3.63) is 17.7 Å². The molecular formula is C21H32O13. The molecule has 13 nitrogen and oxygen atoms in total. The maximum Gasteiger partial charge on any atom is 0.203 e. The van der Waals surface area contributed by atoms with Crippen LogP contribution in [0, 0.1) is 0 Å². The van der Waals surface area contributed by atoms with Crippen LogP contribution in [0.1, 0.15) is 5.56 Å². The van der Waals surface area contributed by atoms with Crippen LogP contribution in [0.15, 0.2) is 12.1 Å². The van der Waals surface area contributed by atoms with Gasteiger partial charge in [0, 0.05) is 0 Å². The first-order valence-corrected chi connectivity index (χ1v) is 10.5. The average molecular weight is 492 g/mol. The van der Waals surface area contributed by atoms with Crippen molar-refractivity contribution in [2.75, 3.05) is 41.2 Å². The summed E-state index contributed by atoms with van der Waals surface area (Å²) < 4.78 is 37.6. The maximum atomic E-state index is 10.3. The molecule has 194 valence electrons. The first kappa shape index (κ1) is 26.8. The van der Waals surface area contributed by atoms with E-state index in [0.29, 0.717) is 22.8 Å². The van der Waals surface area contributed by atoms with Crippen LogP contribution in [0.4, 0.5) is 0 Å². The van der Waals surface area contributed by atoms with Crippen LogP contribution >= 0.6 is 0 Å². The van der Waals surface area contributed by atoms with Gasteiger partial charge in [-0.05, 0) is 17.7 Å². The Hall–Kier alpha value is -1.78. The molecule has 1 aromatic carbocycles. The highest BCUT2D eigenvalue weighted by Gasteiger charge is 2.50. The predicted molar refractivity (Wildman–Crippen MR) is 111 cm³/mol. The maximum absolute atomic E-state index is 10.3. The molecule has 0 amide bonds. The van der Waals surface area contributed by atoms with Crippen LogP contribution < -0.4 is 14.2 Å². The van der Waals surface area contributed by atoms with Crippen LogP contribution in [0.5, 0.6) is 17.2 Å². The molecule has 2 fully saturated rings. The largest absolute Gasteiger partial charge is 0.493 e. The van der Waals surface area contributed by atoms with Gasteiger partial charge >= 0.3 is 0 Å². The standard InChI is InChI=1S/C21H32O13/c1-28-11-4-10(5-12(29-2)17(11)30-3)6-31-19-16(25)15(24)14(23)13(34-19)7-32-20-18(26)21(27,8-22)9-33-20/h4-5,13-16,18-20,22-27H,6-9H2,1-3H3/t13-,14-,15+,16-,18+,19-,20-,21-/m1/s1. The fourth-order valence-corrected chi connectivity index (χ4v) is 3.71. The molecule has 0 bridgehead atoms. The van der Waals surface area contributed by atoms with Crippen LogP contribution in [-0.2, 0) is 25.6 Å². The lowest BCUT2D eigenvalue weighted by molar-refractivity contribution is -0.312. The summed E-state index contributed by atoms with van der Waals surface area (Å²) in [4.78, 5) is 0. The van der Waals surface area contributed by atoms with Gasteiger partial charge in [0.05, 0.1) is 47.8 Å². The minimum atomic E-state index is -1.88. The van der Waals surface area contributed by atoms with Crippen molar-refractivity contribution in [2.45, 2.75) is 55.3 Å². The second-order valence-corrected chi connectivity index (χ2v) is 8.08. The normalized spacial score (nSPS) is 35.9. The third kappa shape index (κ3) is 5.39. The van der Waals surface area contributed by atoms with Crippen LogP contribution in [-0.4, -0.2) is 120 Å². The summed E-state index contributed by atoms with van der Waals surface area (Å²) in [6.07, 6.45) is -10.1. The molecule has 34 heavy (non-hydrogen) atoms. The van der Waals surface area contributed by atoms with E-state index in [0.717, 1.165) is 0 Å². The fraction of sp³-hybridized carbons (Fsp3) is 0.714. The number of methoxy groups -OCH3 is 3. The lowest BCUT2D eigenvalue weighted by Crippen LogP contribution is -2.59. The van der Waals surface area contributed by atoms with Crippen molar-refractivity contribution in [3.63, 3.8) is 0 Å². The zero-order valence-electron chi connectivity index (χ0n) is 19.1. The topological polar surface area (TPSA) is 186 Å². The van der Waals surface area contributed by atoms with Crippen molar-refractivity contribution in [1.29, 1.82) is 0 Å². The Balaban J connectivity index is 1.64. The highest BCUT2D eigenvalue weighted by molar-refractivity contribution is 5.53. The summed E-state index contributed by atoms with van der Waals surface area (Å²) in [7, 11) is 4.40. The van der Waals surface area contributed by atoms with Crippen LogP contribution in [0.25, 0.3) is 0 Å². The van der Waals surface area contributed by atoms with Gasteiger partial charge in [0.15, 0.2) is 24.1 Å². The van der Waals surface area contributed by atoms with Gasteiger partial charge in [0.1, 0.15) is 36.1 Å². The minimum Gasteiger partial charge on any atom is -0.493 e. The molecule has 0 saturated carbocycles. The molecule has 0 radical (unpaired) electrons. The van der Waals surface area contributed by atoms with E-state index in [4.69, 9.17) is 33.2 Å². The fourth-order valence-electron chi connectivity index (χ4n) is 3.71. The summed E-state index contributed by atoms with van der Waals surface area (Å²) in [6, 6.07) is 3.28. The minimum absolute atomic E-state index is 0.0805.